The molecule has 0 unspecified atom stereocenters. The zero-order chi connectivity index (χ0) is 17.4. The van der Waals surface area contributed by atoms with Crippen LogP contribution in [-0.4, -0.2) is 36.2 Å². The third kappa shape index (κ3) is 5.89. The maximum absolute atomic E-state index is 11.9. The van der Waals surface area contributed by atoms with Crippen molar-refractivity contribution in [3.63, 3.8) is 0 Å². The molecule has 1 N–H and O–H groups in total. The molecule has 0 bridgehead atoms. The van der Waals surface area contributed by atoms with E-state index in [1.165, 1.54) is 0 Å². The Morgan fingerprint density at radius 1 is 1.42 bits per heavy atom. The van der Waals surface area contributed by atoms with Crippen molar-refractivity contribution in [1.82, 2.24) is 10.1 Å². The molecular weight excluding hydrogens is 306 g/mol. The van der Waals surface area contributed by atoms with Gasteiger partial charge < -0.3 is 19.5 Å². The number of hydrogen-bond acceptors (Lipinski definition) is 5. The number of nitrogens with zero attached hydrogens (tertiary/aromatic N) is 2. The van der Waals surface area contributed by atoms with Gasteiger partial charge in [0.05, 0.1) is 0 Å². The molecule has 2 rings (SSSR count). The van der Waals surface area contributed by atoms with Crippen LogP contribution in [0.2, 0.25) is 0 Å². The highest BCUT2D eigenvalue weighted by Gasteiger charge is 2.08. The summed E-state index contributed by atoms with van der Waals surface area (Å²) in [6.45, 7) is 7.31. The SMILES string of the molecule is C=CCOc1ccc(CN(C)CCC(=O)Nc2cc(C)on2)cc1. The topological polar surface area (TPSA) is 67.6 Å². The first-order chi connectivity index (χ1) is 11.6. The molecule has 1 aromatic carbocycles. The summed E-state index contributed by atoms with van der Waals surface area (Å²) in [5, 5.41) is 6.46. The van der Waals surface area contributed by atoms with E-state index >= 15 is 0 Å². The summed E-state index contributed by atoms with van der Waals surface area (Å²) < 4.78 is 10.4. The summed E-state index contributed by atoms with van der Waals surface area (Å²) in [5.74, 6) is 1.87. The van der Waals surface area contributed by atoms with Crippen molar-refractivity contribution >= 4 is 11.7 Å². The van der Waals surface area contributed by atoms with E-state index in [-0.39, 0.29) is 5.91 Å². The molecule has 0 aliphatic heterocycles. The Balaban J connectivity index is 1.73. The van der Waals surface area contributed by atoms with Gasteiger partial charge in [-0.3, -0.25) is 4.79 Å². The number of nitrogens with one attached hydrogen (secondary N) is 1. The summed E-state index contributed by atoms with van der Waals surface area (Å²) in [6.07, 6.45) is 2.11. The number of carbonyl (C=O) groups excluding carboxylic acids is 1. The highest BCUT2D eigenvalue weighted by atomic mass is 16.5. The molecular formula is C18H23N3O3. The molecule has 0 spiro atoms. The van der Waals surface area contributed by atoms with Crippen LogP contribution < -0.4 is 10.1 Å². The molecule has 0 fully saturated rings. The van der Waals surface area contributed by atoms with E-state index in [0.717, 1.165) is 17.9 Å². The van der Waals surface area contributed by atoms with Crippen LogP contribution >= 0.6 is 0 Å². The first kappa shape index (κ1) is 17.7. The van der Waals surface area contributed by atoms with Gasteiger partial charge in [0.1, 0.15) is 18.1 Å². The van der Waals surface area contributed by atoms with Gasteiger partial charge in [0, 0.05) is 25.6 Å². The molecule has 0 saturated heterocycles. The predicted molar refractivity (Wildman–Crippen MR) is 93.0 cm³/mol. The van der Waals surface area contributed by atoms with Crippen molar-refractivity contribution in [1.29, 1.82) is 0 Å². The molecule has 6 nitrogen and oxygen atoms in total. The molecule has 128 valence electrons. The summed E-state index contributed by atoms with van der Waals surface area (Å²) in [7, 11) is 1.98. The van der Waals surface area contributed by atoms with Gasteiger partial charge in [0.2, 0.25) is 5.91 Å². The lowest BCUT2D eigenvalue weighted by atomic mass is 10.2. The van der Waals surface area contributed by atoms with Gasteiger partial charge in [-0.05, 0) is 31.7 Å². The third-order valence-electron chi connectivity index (χ3n) is 3.36. The molecule has 2 aromatic rings. The number of aromatic nitrogens is 1. The predicted octanol–water partition coefficient (Wildman–Crippen LogP) is 3.01. The molecule has 0 aliphatic rings. The van der Waals surface area contributed by atoms with E-state index in [2.05, 4.69) is 22.0 Å². The first-order valence-electron chi connectivity index (χ1n) is 7.81. The number of ether oxygens (including phenoxy) is 1. The minimum absolute atomic E-state index is 0.0803. The zero-order valence-corrected chi connectivity index (χ0v) is 14.1. The minimum Gasteiger partial charge on any atom is -0.490 e. The van der Waals surface area contributed by atoms with Crippen molar-refractivity contribution in [3.05, 3.63) is 54.3 Å². The van der Waals surface area contributed by atoms with Gasteiger partial charge >= 0.3 is 0 Å². The Morgan fingerprint density at radius 2 is 2.17 bits per heavy atom. The maximum atomic E-state index is 11.9. The quantitative estimate of drug-likeness (QED) is 0.716. The monoisotopic (exact) mass is 329 g/mol. The van der Waals surface area contributed by atoms with Gasteiger partial charge in [-0.2, -0.15) is 0 Å². The number of carbonyl (C=O) groups is 1. The molecule has 6 heteroatoms. The second kappa shape index (κ2) is 8.88. The van der Waals surface area contributed by atoms with Crippen molar-refractivity contribution in [2.24, 2.45) is 0 Å². The fraction of sp³-hybridized carbons (Fsp3) is 0.333. The number of amides is 1. The standard InChI is InChI=1S/C18H23N3O3/c1-4-11-23-16-7-5-15(6-8-16)13-21(3)10-9-18(22)19-17-12-14(2)24-20-17/h4-8,12H,1,9-11,13H2,2-3H3,(H,19,20,22). The third-order valence-corrected chi connectivity index (χ3v) is 3.36. The second-order valence-corrected chi connectivity index (χ2v) is 5.60. The molecule has 0 radical (unpaired) electrons. The fourth-order valence-corrected chi connectivity index (χ4v) is 2.16. The fourth-order valence-electron chi connectivity index (χ4n) is 2.16. The summed E-state index contributed by atoms with van der Waals surface area (Å²) in [5.41, 5.74) is 1.16. The van der Waals surface area contributed by atoms with Gasteiger partial charge in [-0.1, -0.05) is 29.9 Å². The Morgan fingerprint density at radius 3 is 2.79 bits per heavy atom. The number of rotatable bonds is 9. The Labute approximate surface area is 142 Å². The van der Waals surface area contributed by atoms with E-state index in [4.69, 9.17) is 9.26 Å². The van der Waals surface area contributed by atoms with Crippen LogP contribution in [0.1, 0.15) is 17.7 Å². The lowest BCUT2D eigenvalue weighted by Gasteiger charge is -2.16. The zero-order valence-electron chi connectivity index (χ0n) is 14.1. The molecule has 1 aromatic heterocycles. The average molecular weight is 329 g/mol. The van der Waals surface area contributed by atoms with Crippen molar-refractivity contribution in [3.8, 4) is 5.75 Å². The van der Waals surface area contributed by atoms with E-state index in [0.29, 0.717) is 31.2 Å². The molecule has 24 heavy (non-hydrogen) atoms. The smallest absolute Gasteiger partial charge is 0.226 e. The van der Waals surface area contributed by atoms with Gasteiger partial charge in [-0.25, -0.2) is 0 Å². The Hall–Kier alpha value is -2.60. The van der Waals surface area contributed by atoms with E-state index in [1.807, 2.05) is 31.3 Å². The summed E-state index contributed by atoms with van der Waals surface area (Å²) in [6, 6.07) is 9.61. The maximum Gasteiger partial charge on any atom is 0.226 e. The number of hydrogen-bond donors (Lipinski definition) is 1. The Kier molecular flexibility index (Phi) is 6.57. The summed E-state index contributed by atoms with van der Waals surface area (Å²) >= 11 is 0. The van der Waals surface area contributed by atoms with Crippen LogP contribution in [0.3, 0.4) is 0 Å². The lowest BCUT2D eigenvalue weighted by Crippen LogP contribution is -2.24. The van der Waals surface area contributed by atoms with Gasteiger partial charge in [0.25, 0.3) is 0 Å². The van der Waals surface area contributed by atoms with Crippen molar-refractivity contribution < 1.29 is 14.1 Å². The van der Waals surface area contributed by atoms with Gasteiger partial charge in [-0.15, -0.1) is 0 Å². The molecule has 0 atom stereocenters. The van der Waals surface area contributed by atoms with E-state index in [9.17, 15) is 4.79 Å². The normalized spacial score (nSPS) is 10.6. The summed E-state index contributed by atoms with van der Waals surface area (Å²) in [4.78, 5) is 14.0. The second-order valence-electron chi connectivity index (χ2n) is 5.60. The highest BCUT2D eigenvalue weighted by Crippen LogP contribution is 2.13. The number of aryl methyl sites for hydroxylation is 1. The lowest BCUT2D eigenvalue weighted by molar-refractivity contribution is -0.116. The molecule has 1 amide bonds. The largest absolute Gasteiger partial charge is 0.490 e. The van der Waals surface area contributed by atoms with Crippen molar-refractivity contribution in [2.45, 2.75) is 19.9 Å². The first-order valence-corrected chi connectivity index (χ1v) is 7.81. The van der Waals surface area contributed by atoms with Crippen LogP contribution in [0.4, 0.5) is 5.82 Å². The minimum atomic E-state index is -0.0803. The van der Waals surface area contributed by atoms with Crippen LogP contribution in [0.25, 0.3) is 0 Å². The number of anilines is 1. The van der Waals surface area contributed by atoms with E-state index < -0.39 is 0 Å². The molecule has 0 aliphatic carbocycles. The average Bonchev–Trinajstić information content (AvgIpc) is 2.97. The molecule has 1 heterocycles. The van der Waals surface area contributed by atoms with Crippen LogP contribution in [-0.2, 0) is 11.3 Å². The highest BCUT2D eigenvalue weighted by molar-refractivity contribution is 5.89. The van der Waals surface area contributed by atoms with E-state index in [1.54, 1.807) is 19.1 Å². The number of benzene rings is 1. The van der Waals surface area contributed by atoms with Crippen LogP contribution in [0.15, 0.2) is 47.5 Å². The molecule has 0 saturated carbocycles. The van der Waals surface area contributed by atoms with Crippen LogP contribution in [0, 0.1) is 6.92 Å². The Bertz CT molecular complexity index is 664. The van der Waals surface area contributed by atoms with Crippen molar-refractivity contribution in [2.75, 3.05) is 25.5 Å². The van der Waals surface area contributed by atoms with Crippen LogP contribution in [0.5, 0.6) is 5.75 Å². The van der Waals surface area contributed by atoms with Gasteiger partial charge in [0.15, 0.2) is 5.82 Å².